The van der Waals surface area contributed by atoms with Gasteiger partial charge in [0.1, 0.15) is 25.7 Å². The molecule has 9 heteroatoms. The normalized spacial score (nSPS) is 13.0. The highest BCUT2D eigenvalue weighted by molar-refractivity contribution is 7.80. The molecule has 1 atom stereocenters. The number of quaternary nitrogens is 1. The fraction of sp³-hybridized carbons (Fsp3) is 1.00. The topological polar surface area (TPSA) is 127 Å². The first-order valence-electron chi connectivity index (χ1n) is 11.4. The van der Waals surface area contributed by atoms with Gasteiger partial charge in [-0.05, 0) is 6.42 Å². The first-order chi connectivity index (χ1) is 14.1. The maximum absolute atomic E-state index is 10.2. The second kappa shape index (κ2) is 20.6. The molecule has 0 aromatic heterocycles. The van der Waals surface area contributed by atoms with Gasteiger partial charge in [-0.2, -0.15) is 0 Å². The van der Waals surface area contributed by atoms with Crippen LogP contribution >= 0.6 is 0 Å². The van der Waals surface area contributed by atoms with Crippen molar-refractivity contribution in [1.29, 1.82) is 0 Å². The number of hydrogen-bond donors (Lipinski definition) is 3. The molecule has 30 heavy (non-hydrogen) atoms. The van der Waals surface area contributed by atoms with E-state index in [1.165, 1.54) is 64.2 Å². The summed E-state index contributed by atoms with van der Waals surface area (Å²) in [5.74, 6) is 0. The fourth-order valence-electron chi connectivity index (χ4n) is 3.42. The van der Waals surface area contributed by atoms with E-state index in [1.807, 2.05) is 7.05 Å². The van der Waals surface area contributed by atoms with Crippen molar-refractivity contribution in [3.8, 4) is 0 Å². The molecule has 0 aromatic carbocycles. The van der Waals surface area contributed by atoms with E-state index >= 15 is 0 Å². The highest BCUT2D eigenvalue weighted by Crippen LogP contribution is 2.14. The minimum atomic E-state index is -4.41. The second-order valence-electron chi connectivity index (χ2n) is 8.25. The summed E-state index contributed by atoms with van der Waals surface area (Å²) in [6, 6.07) is 0. The van der Waals surface area contributed by atoms with Crippen molar-refractivity contribution in [2.24, 2.45) is 0 Å². The van der Waals surface area contributed by atoms with Gasteiger partial charge in [0.25, 0.3) is 0 Å². The first kappa shape index (κ1) is 31.9. The van der Waals surface area contributed by atoms with Crippen molar-refractivity contribution >= 4 is 10.4 Å². The van der Waals surface area contributed by atoms with Crippen LogP contribution < -0.4 is 0 Å². The van der Waals surface area contributed by atoms with Crippen molar-refractivity contribution in [3.05, 3.63) is 0 Å². The minimum Gasteiger partial charge on any atom is -0.726 e. The summed E-state index contributed by atoms with van der Waals surface area (Å²) >= 11 is 0. The number of likely N-dealkylation sites (N-methyl/N-ethyl adjacent to an activating group) is 1. The monoisotopic (exact) mass is 457 g/mol. The highest BCUT2D eigenvalue weighted by atomic mass is 32.3. The lowest BCUT2D eigenvalue weighted by Crippen LogP contribution is -2.52. The van der Waals surface area contributed by atoms with Crippen LogP contribution in [0.25, 0.3) is 0 Å². The highest BCUT2D eigenvalue weighted by Gasteiger charge is 2.24. The quantitative estimate of drug-likeness (QED) is 0.118. The van der Waals surface area contributed by atoms with Gasteiger partial charge in [-0.15, -0.1) is 0 Å². The molecule has 0 spiro atoms. The molecular formula is C21H47NO7S. The van der Waals surface area contributed by atoms with Gasteiger partial charge in [0.2, 0.25) is 10.4 Å². The Bertz CT molecular complexity index is 454. The van der Waals surface area contributed by atoms with Crippen LogP contribution in [0.1, 0.15) is 84.0 Å². The number of nitrogens with zero attached hydrogens (tertiary/aromatic N) is 1. The predicted octanol–water partition coefficient (Wildman–Crippen LogP) is 2.57. The molecule has 3 N–H and O–H groups in total. The number of rotatable bonds is 19. The van der Waals surface area contributed by atoms with Gasteiger partial charge < -0.3 is 24.4 Å². The molecule has 0 saturated heterocycles. The smallest absolute Gasteiger partial charge is 0.217 e. The Labute approximate surface area is 184 Å². The molecule has 0 aliphatic carbocycles. The average Bonchev–Trinajstić information content (AvgIpc) is 2.66. The predicted molar refractivity (Wildman–Crippen MR) is 119 cm³/mol. The molecule has 0 fully saturated rings. The number of unbranched alkanes of at least 4 members (excludes halogenated alkanes) is 10. The largest absolute Gasteiger partial charge is 0.726 e. The van der Waals surface area contributed by atoms with Gasteiger partial charge in [-0.1, -0.05) is 77.6 Å². The molecule has 0 rings (SSSR count). The van der Waals surface area contributed by atoms with E-state index in [-0.39, 0.29) is 19.3 Å². The van der Waals surface area contributed by atoms with Gasteiger partial charge in [-0.25, -0.2) is 8.42 Å². The van der Waals surface area contributed by atoms with Crippen molar-refractivity contribution in [2.75, 3.05) is 47.0 Å². The number of aliphatic hydroxyl groups is 3. The first-order valence-corrected chi connectivity index (χ1v) is 12.7. The lowest BCUT2D eigenvalue weighted by molar-refractivity contribution is -0.913. The third-order valence-corrected chi connectivity index (χ3v) is 5.68. The standard InChI is InChI=1S/C20H44NO3.CH4O4S/c1-3-4-5-6-7-8-9-10-11-12-13-14-20(24)19-21(2,15-17-22)16-18-23;1-5-6(2,3)4/h20,22-24H,3-19H2,1-2H3;1H3,(H,2,3,4)/q+1;/p-1. The molecule has 184 valence electrons. The Morgan fingerprint density at radius 2 is 1.23 bits per heavy atom. The van der Waals surface area contributed by atoms with Crippen molar-refractivity contribution in [1.82, 2.24) is 0 Å². The van der Waals surface area contributed by atoms with Crippen molar-refractivity contribution in [3.63, 3.8) is 0 Å². The van der Waals surface area contributed by atoms with Crippen molar-refractivity contribution < 1.29 is 37.0 Å². The summed E-state index contributed by atoms with van der Waals surface area (Å²) in [5, 5.41) is 28.5. The molecule has 0 radical (unpaired) electrons. The number of hydrogen-bond acceptors (Lipinski definition) is 7. The molecule has 0 aliphatic rings. The zero-order valence-corrected chi connectivity index (χ0v) is 20.2. The SMILES string of the molecule is CCCCCCCCCCCCCC(O)C[N+](C)(CCO)CCO.COS(=O)(=O)[O-]. The van der Waals surface area contributed by atoms with Gasteiger partial charge in [-0.3, -0.25) is 4.18 Å². The molecule has 8 nitrogen and oxygen atoms in total. The summed E-state index contributed by atoms with van der Waals surface area (Å²) in [7, 11) is -1.61. The van der Waals surface area contributed by atoms with Crippen LogP contribution in [-0.2, 0) is 14.6 Å². The summed E-state index contributed by atoms with van der Waals surface area (Å²) in [5.41, 5.74) is 0. The van der Waals surface area contributed by atoms with Crippen LogP contribution in [0.5, 0.6) is 0 Å². The van der Waals surface area contributed by atoms with Gasteiger partial charge >= 0.3 is 0 Å². The zero-order chi connectivity index (χ0) is 23.3. The lowest BCUT2D eigenvalue weighted by atomic mass is 10.0. The Hall–Kier alpha value is -0.290. The molecule has 0 amide bonds. The van der Waals surface area contributed by atoms with Gasteiger partial charge in [0.05, 0.1) is 27.4 Å². The van der Waals surface area contributed by atoms with Crippen LogP contribution in [0.15, 0.2) is 0 Å². The van der Waals surface area contributed by atoms with Crippen LogP contribution in [0.3, 0.4) is 0 Å². The third-order valence-electron chi connectivity index (χ3n) is 5.28. The fourth-order valence-corrected chi connectivity index (χ4v) is 3.42. The molecule has 1 unspecified atom stereocenters. The molecule has 0 aliphatic heterocycles. The Balaban J connectivity index is 0. The van der Waals surface area contributed by atoms with Crippen LogP contribution in [0.4, 0.5) is 0 Å². The summed E-state index contributed by atoms with van der Waals surface area (Å²) in [6.07, 6.45) is 15.0. The van der Waals surface area contributed by atoms with Crippen LogP contribution in [0.2, 0.25) is 0 Å². The third kappa shape index (κ3) is 24.0. The van der Waals surface area contributed by atoms with E-state index in [0.717, 1.165) is 20.0 Å². The van der Waals surface area contributed by atoms with E-state index in [1.54, 1.807) is 0 Å². The number of aliphatic hydroxyl groups excluding tert-OH is 3. The average molecular weight is 458 g/mol. The van der Waals surface area contributed by atoms with Crippen molar-refractivity contribution in [2.45, 2.75) is 90.1 Å². The minimum absolute atomic E-state index is 0.0989. The Kier molecular flexibility index (Phi) is 21.9. The zero-order valence-electron chi connectivity index (χ0n) is 19.4. The van der Waals surface area contributed by atoms with E-state index in [9.17, 15) is 18.1 Å². The van der Waals surface area contributed by atoms with Gasteiger partial charge in [0, 0.05) is 0 Å². The maximum Gasteiger partial charge on any atom is 0.217 e. The van der Waals surface area contributed by atoms with E-state index in [2.05, 4.69) is 11.1 Å². The molecule has 0 aromatic rings. The van der Waals surface area contributed by atoms with Gasteiger partial charge in [0.15, 0.2) is 0 Å². The summed E-state index contributed by atoms with van der Waals surface area (Å²) in [6.45, 7) is 4.27. The maximum atomic E-state index is 10.2. The lowest BCUT2D eigenvalue weighted by Gasteiger charge is -2.35. The van der Waals surface area contributed by atoms with E-state index < -0.39 is 10.4 Å². The van der Waals surface area contributed by atoms with E-state index in [4.69, 9.17) is 10.2 Å². The summed E-state index contributed by atoms with van der Waals surface area (Å²) in [4.78, 5) is 0. The molecule has 0 bridgehead atoms. The molecule has 0 heterocycles. The second-order valence-corrected chi connectivity index (χ2v) is 9.40. The summed E-state index contributed by atoms with van der Waals surface area (Å²) < 4.78 is 31.6. The Morgan fingerprint density at radius 3 is 1.57 bits per heavy atom. The van der Waals surface area contributed by atoms with Crippen LogP contribution in [0, 0.1) is 0 Å². The molecular weight excluding hydrogens is 410 g/mol. The Morgan fingerprint density at radius 1 is 0.867 bits per heavy atom. The molecule has 0 saturated carbocycles. The van der Waals surface area contributed by atoms with E-state index in [0.29, 0.717) is 24.1 Å². The van der Waals surface area contributed by atoms with Crippen LogP contribution in [-0.4, -0.2) is 85.9 Å².